The minimum absolute atomic E-state index is 0.102. The van der Waals surface area contributed by atoms with Gasteiger partial charge in [-0.1, -0.05) is 6.08 Å². The van der Waals surface area contributed by atoms with Gasteiger partial charge in [0.1, 0.15) is 18.5 Å². The van der Waals surface area contributed by atoms with E-state index in [-0.39, 0.29) is 11.9 Å². The summed E-state index contributed by atoms with van der Waals surface area (Å²) in [7, 11) is 3.08. The summed E-state index contributed by atoms with van der Waals surface area (Å²) in [4.78, 5) is 14.3. The van der Waals surface area contributed by atoms with Crippen LogP contribution in [0.15, 0.2) is 41.0 Å². The molecule has 0 spiro atoms. The number of Topliss-reactive ketones (excluding diaryl/α,β-unsaturated/α-hetero) is 1. The van der Waals surface area contributed by atoms with Gasteiger partial charge in [-0.2, -0.15) is 0 Å². The molecule has 3 rings (SSSR count). The van der Waals surface area contributed by atoms with E-state index in [4.69, 9.17) is 23.4 Å². The van der Waals surface area contributed by atoms with E-state index < -0.39 is 0 Å². The molecule has 0 N–H and O–H groups in total. The van der Waals surface area contributed by atoms with E-state index >= 15 is 0 Å². The average Bonchev–Trinajstić information content (AvgIpc) is 3.25. The lowest BCUT2D eigenvalue weighted by atomic mass is 10.1. The number of morpholine rings is 1. The van der Waals surface area contributed by atoms with Gasteiger partial charge in [-0.3, -0.25) is 9.69 Å². The molecule has 1 aromatic carbocycles. The lowest BCUT2D eigenvalue weighted by molar-refractivity contribution is -0.0449. The first-order chi connectivity index (χ1) is 14.1. The molecule has 1 atom stereocenters. The fraction of sp³-hybridized carbons (Fsp3) is 0.409. The third kappa shape index (κ3) is 5.40. The van der Waals surface area contributed by atoms with Crippen LogP contribution in [0.2, 0.25) is 0 Å². The maximum absolute atomic E-state index is 12.0. The Labute approximate surface area is 170 Å². The molecule has 1 unspecified atom stereocenters. The first-order valence-corrected chi connectivity index (χ1v) is 9.55. The van der Waals surface area contributed by atoms with Crippen molar-refractivity contribution in [1.82, 2.24) is 4.90 Å². The van der Waals surface area contributed by atoms with Crippen LogP contribution >= 0.6 is 0 Å². The van der Waals surface area contributed by atoms with Gasteiger partial charge in [0, 0.05) is 19.6 Å². The Balaban J connectivity index is 1.62. The monoisotopic (exact) mass is 401 g/mol. The zero-order valence-corrected chi connectivity index (χ0v) is 17.1. The smallest absolute Gasteiger partial charge is 0.204 e. The molecule has 0 bridgehead atoms. The van der Waals surface area contributed by atoms with Crippen molar-refractivity contribution in [1.29, 1.82) is 0 Å². The molecule has 2 aromatic rings. The van der Waals surface area contributed by atoms with Crippen molar-refractivity contribution >= 4 is 11.9 Å². The van der Waals surface area contributed by atoms with Gasteiger partial charge in [0.25, 0.3) is 0 Å². The quantitative estimate of drug-likeness (QED) is 0.597. The van der Waals surface area contributed by atoms with Crippen molar-refractivity contribution in [2.24, 2.45) is 0 Å². The molecule has 0 radical (unpaired) electrons. The standard InChI is InChI=1S/C22H27NO6/c1-16(24)19-8-9-20(25-2)22(26-3)21(19)29-15-18-14-23(11-13-28-18)10-4-6-17-7-5-12-27-17/h4-9,12,18H,10-11,13-15H2,1-3H3/b6-4-. The Kier molecular flexibility index (Phi) is 7.32. The second kappa shape index (κ2) is 10.1. The van der Waals surface area contributed by atoms with Crippen LogP contribution in [-0.4, -0.2) is 63.9 Å². The van der Waals surface area contributed by atoms with Gasteiger partial charge in [0.2, 0.25) is 5.75 Å². The Morgan fingerprint density at radius 1 is 1.24 bits per heavy atom. The molecule has 0 saturated carbocycles. The van der Waals surface area contributed by atoms with Gasteiger partial charge in [0.05, 0.1) is 32.7 Å². The number of carbonyl (C=O) groups is 1. The number of methoxy groups -OCH3 is 2. The van der Waals surface area contributed by atoms with E-state index in [1.165, 1.54) is 14.0 Å². The van der Waals surface area contributed by atoms with Gasteiger partial charge in [-0.05, 0) is 37.3 Å². The zero-order valence-electron chi connectivity index (χ0n) is 17.1. The van der Waals surface area contributed by atoms with E-state index in [2.05, 4.69) is 11.0 Å². The summed E-state index contributed by atoms with van der Waals surface area (Å²) >= 11 is 0. The zero-order chi connectivity index (χ0) is 20.6. The van der Waals surface area contributed by atoms with E-state index in [9.17, 15) is 4.79 Å². The minimum Gasteiger partial charge on any atom is -0.493 e. The van der Waals surface area contributed by atoms with Crippen LogP contribution in [0.3, 0.4) is 0 Å². The molecule has 1 aromatic heterocycles. The summed E-state index contributed by atoms with van der Waals surface area (Å²) in [5.41, 5.74) is 0.455. The van der Waals surface area contributed by atoms with Crippen molar-refractivity contribution in [3.63, 3.8) is 0 Å². The molecule has 1 saturated heterocycles. The molecule has 2 heterocycles. The second-order valence-electron chi connectivity index (χ2n) is 6.72. The van der Waals surface area contributed by atoms with E-state index in [1.807, 2.05) is 18.2 Å². The Hall–Kier alpha value is -2.77. The molecule has 1 fully saturated rings. The van der Waals surface area contributed by atoms with Crippen LogP contribution in [0.1, 0.15) is 23.0 Å². The Morgan fingerprint density at radius 2 is 2.10 bits per heavy atom. The van der Waals surface area contributed by atoms with Crippen LogP contribution in [0.5, 0.6) is 17.2 Å². The fourth-order valence-corrected chi connectivity index (χ4v) is 3.25. The number of benzene rings is 1. The van der Waals surface area contributed by atoms with Gasteiger partial charge >= 0.3 is 0 Å². The van der Waals surface area contributed by atoms with Crippen molar-refractivity contribution in [3.8, 4) is 17.2 Å². The number of hydrogen-bond acceptors (Lipinski definition) is 7. The van der Waals surface area contributed by atoms with Gasteiger partial charge in [-0.15, -0.1) is 0 Å². The summed E-state index contributed by atoms with van der Waals surface area (Å²) in [5.74, 6) is 2.05. The Bertz CT molecular complexity index is 830. The first kappa shape index (κ1) is 21.0. The van der Waals surface area contributed by atoms with E-state index in [0.717, 1.165) is 25.4 Å². The maximum atomic E-state index is 12.0. The number of ether oxygens (including phenoxy) is 4. The molecule has 7 heteroatoms. The van der Waals surface area contributed by atoms with Crippen molar-refractivity contribution in [2.75, 3.05) is 47.1 Å². The van der Waals surface area contributed by atoms with Crippen molar-refractivity contribution in [3.05, 3.63) is 47.9 Å². The number of ketones is 1. The highest BCUT2D eigenvalue weighted by Crippen LogP contribution is 2.40. The lowest BCUT2D eigenvalue weighted by Crippen LogP contribution is -2.44. The van der Waals surface area contributed by atoms with Crippen LogP contribution in [0.4, 0.5) is 0 Å². The highest BCUT2D eigenvalue weighted by atomic mass is 16.6. The maximum Gasteiger partial charge on any atom is 0.204 e. The van der Waals surface area contributed by atoms with Crippen LogP contribution in [0.25, 0.3) is 6.08 Å². The predicted octanol–water partition coefficient (Wildman–Crippen LogP) is 3.29. The molecule has 0 amide bonds. The normalized spacial score (nSPS) is 17.4. The molecule has 156 valence electrons. The van der Waals surface area contributed by atoms with Crippen molar-refractivity contribution < 1.29 is 28.2 Å². The van der Waals surface area contributed by atoms with Gasteiger partial charge in [-0.25, -0.2) is 0 Å². The number of carbonyl (C=O) groups excluding carboxylic acids is 1. The third-order valence-corrected chi connectivity index (χ3v) is 4.70. The largest absolute Gasteiger partial charge is 0.493 e. The summed E-state index contributed by atoms with van der Waals surface area (Å²) < 4.78 is 27.9. The molecule has 0 aliphatic carbocycles. The van der Waals surface area contributed by atoms with Gasteiger partial charge in [0.15, 0.2) is 17.3 Å². The summed E-state index contributed by atoms with van der Waals surface area (Å²) in [5, 5.41) is 0. The molecular weight excluding hydrogens is 374 g/mol. The van der Waals surface area contributed by atoms with Crippen LogP contribution < -0.4 is 14.2 Å². The SMILES string of the molecule is COc1ccc(C(C)=O)c(OCC2CN(C/C=C\c3ccco3)CCO2)c1OC. The average molecular weight is 401 g/mol. The molecule has 1 aliphatic heterocycles. The molecule has 1 aliphatic rings. The highest BCUT2D eigenvalue weighted by molar-refractivity contribution is 5.98. The molecule has 29 heavy (non-hydrogen) atoms. The van der Waals surface area contributed by atoms with Crippen LogP contribution in [0, 0.1) is 0 Å². The third-order valence-electron chi connectivity index (χ3n) is 4.70. The molecule has 7 nitrogen and oxygen atoms in total. The highest BCUT2D eigenvalue weighted by Gasteiger charge is 2.24. The summed E-state index contributed by atoms with van der Waals surface area (Å²) in [6.07, 6.45) is 5.57. The van der Waals surface area contributed by atoms with Gasteiger partial charge < -0.3 is 23.4 Å². The van der Waals surface area contributed by atoms with E-state index in [0.29, 0.717) is 36.0 Å². The predicted molar refractivity (Wildman–Crippen MR) is 109 cm³/mol. The number of nitrogens with zero attached hydrogens (tertiary/aromatic N) is 1. The van der Waals surface area contributed by atoms with E-state index in [1.54, 1.807) is 25.5 Å². The van der Waals surface area contributed by atoms with Crippen molar-refractivity contribution in [2.45, 2.75) is 13.0 Å². The number of rotatable bonds is 9. The second-order valence-corrected chi connectivity index (χ2v) is 6.72. The fourth-order valence-electron chi connectivity index (χ4n) is 3.25. The first-order valence-electron chi connectivity index (χ1n) is 9.55. The number of hydrogen-bond donors (Lipinski definition) is 0. The summed E-state index contributed by atoms with van der Waals surface area (Å²) in [6, 6.07) is 7.17. The topological polar surface area (TPSA) is 70.4 Å². The minimum atomic E-state index is -0.114. The lowest BCUT2D eigenvalue weighted by Gasteiger charge is -2.32. The Morgan fingerprint density at radius 3 is 2.79 bits per heavy atom. The number of furan rings is 1. The molecular formula is C22H27NO6. The summed E-state index contributed by atoms with van der Waals surface area (Å²) in [6.45, 7) is 4.80. The van der Waals surface area contributed by atoms with Crippen LogP contribution in [-0.2, 0) is 4.74 Å².